The van der Waals surface area contributed by atoms with Gasteiger partial charge in [0.15, 0.2) is 0 Å². The molecule has 0 radical (unpaired) electrons. The summed E-state index contributed by atoms with van der Waals surface area (Å²) in [6, 6.07) is 17.1. The third-order valence-corrected chi connectivity index (χ3v) is 5.56. The van der Waals surface area contributed by atoms with Crippen LogP contribution in [-0.2, 0) is 23.9 Å². The Morgan fingerprint density at radius 1 is 0.868 bits per heavy atom. The highest BCUT2D eigenvalue weighted by molar-refractivity contribution is 6.07. The van der Waals surface area contributed by atoms with Crippen LogP contribution in [0.4, 0.5) is 4.79 Å². The summed E-state index contributed by atoms with van der Waals surface area (Å²) in [5.74, 6) is -2.01. The van der Waals surface area contributed by atoms with Crippen molar-refractivity contribution in [2.24, 2.45) is 0 Å². The highest BCUT2D eigenvalue weighted by atomic mass is 16.6. The first-order valence-corrected chi connectivity index (χ1v) is 12.3. The lowest BCUT2D eigenvalue weighted by Gasteiger charge is -2.28. The lowest BCUT2D eigenvalue weighted by molar-refractivity contribution is -0.137. The fraction of sp³-hybridized carbons (Fsp3) is 0.310. The quantitative estimate of drug-likeness (QED) is 0.424. The second-order valence-electron chi connectivity index (χ2n) is 9.70. The van der Waals surface area contributed by atoms with Gasteiger partial charge in [0, 0.05) is 6.54 Å². The van der Waals surface area contributed by atoms with Crippen LogP contribution in [0.5, 0.6) is 0 Å². The molecule has 0 bridgehead atoms. The molecule has 2 aromatic carbocycles. The Labute approximate surface area is 222 Å². The number of carbonyl (C=O) groups excluding carboxylic acids is 4. The number of hydrogen-bond donors (Lipinski definition) is 2. The Bertz CT molecular complexity index is 1220. The molecular formula is C29H33N3O6. The molecule has 1 atom stereocenters. The predicted molar refractivity (Wildman–Crippen MR) is 143 cm³/mol. The van der Waals surface area contributed by atoms with E-state index in [1.54, 1.807) is 69.3 Å². The highest BCUT2D eigenvalue weighted by Gasteiger charge is 2.37. The van der Waals surface area contributed by atoms with Crippen molar-refractivity contribution in [1.82, 2.24) is 15.5 Å². The van der Waals surface area contributed by atoms with Crippen molar-refractivity contribution in [2.45, 2.75) is 45.3 Å². The summed E-state index contributed by atoms with van der Waals surface area (Å²) in [5, 5.41) is 5.22. The van der Waals surface area contributed by atoms with Gasteiger partial charge in [-0.25, -0.2) is 9.59 Å². The zero-order valence-electron chi connectivity index (χ0n) is 22.0. The third kappa shape index (κ3) is 8.06. The number of amides is 3. The monoisotopic (exact) mass is 519 g/mol. The summed E-state index contributed by atoms with van der Waals surface area (Å²) < 4.78 is 10.3. The van der Waals surface area contributed by atoms with Gasteiger partial charge in [-0.1, -0.05) is 60.7 Å². The van der Waals surface area contributed by atoms with Crippen molar-refractivity contribution in [2.75, 3.05) is 13.7 Å². The van der Waals surface area contributed by atoms with E-state index in [-0.39, 0.29) is 11.4 Å². The molecule has 0 spiro atoms. The van der Waals surface area contributed by atoms with Crippen molar-refractivity contribution < 1.29 is 28.7 Å². The lowest BCUT2D eigenvalue weighted by Crippen LogP contribution is -2.48. The van der Waals surface area contributed by atoms with Crippen LogP contribution in [-0.4, -0.2) is 54.1 Å². The Morgan fingerprint density at radius 3 is 1.95 bits per heavy atom. The number of rotatable bonds is 7. The van der Waals surface area contributed by atoms with Gasteiger partial charge in [-0.3, -0.25) is 14.5 Å². The van der Waals surface area contributed by atoms with Gasteiger partial charge in [0.2, 0.25) is 5.91 Å². The van der Waals surface area contributed by atoms with Gasteiger partial charge < -0.3 is 20.1 Å². The molecule has 1 fully saturated rings. The van der Waals surface area contributed by atoms with Crippen LogP contribution in [0, 0.1) is 0 Å². The zero-order valence-corrected chi connectivity index (χ0v) is 22.0. The van der Waals surface area contributed by atoms with E-state index in [1.165, 1.54) is 24.2 Å². The van der Waals surface area contributed by atoms with E-state index in [0.717, 1.165) is 0 Å². The summed E-state index contributed by atoms with van der Waals surface area (Å²) >= 11 is 0. The minimum Gasteiger partial charge on any atom is -0.464 e. The largest absolute Gasteiger partial charge is 0.464 e. The molecule has 3 amide bonds. The maximum Gasteiger partial charge on any atom is 0.410 e. The van der Waals surface area contributed by atoms with Gasteiger partial charge in [0.05, 0.1) is 7.11 Å². The Hall–Kier alpha value is -4.40. The zero-order chi connectivity index (χ0) is 27.7. The van der Waals surface area contributed by atoms with Crippen LogP contribution in [0.25, 0.3) is 12.2 Å². The number of nitrogens with one attached hydrogen (secondary N) is 2. The molecule has 3 rings (SSSR count). The van der Waals surface area contributed by atoms with Crippen molar-refractivity contribution >= 4 is 36.0 Å². The molecule has 9 heteroatoms. The van der Waals surface area contributed by atoms with Crippen LogP contribution in [0.1, 0.15) is 44.7 Å². The number of carbonyl (C=O) groups is 4. The number of hydrogen-bond acceptors (Lipinski definition) is 6. The molecule has 0 aliphatic carbocycles. The molecule has 200 valence electrons. The van der Waals surface area contributed by atoms with E-state index in [4.69, 9.17) is 9.47 Å². The molecule has 0 aromatic heterocycles. The third-order valence-electron chi connectivity index (χ3n) is 5.56. The smallest absolute Gasteiger partial charge is 0.410 e. The highest BCUT2D eigenvalue weighted by Crippen LogP contribution is 2.21. The summed E-state index contributed by atoms with van der Waals surface area (Å²) in [6.45, 7) is 5.62. The van der Waals surface area contributed by atoms with Crippen molar-refractivity contribution in [1.29, 1.82) is 0 Å². The average molecular weight is 520 g/mol. The van der Waals surface area contributed by atoms with Crippen molar-refractivity contribution in [3.8, 4) is 0 Å². The SMILES string of the molecule is COC(=O)/C(=C/c1ccccc1)NC(=O)/C(=C/c1ccccc1)NC(=O)[C@@H]1CCCN1C(=O)OC(C)(C)C. The number of ether oxygens (including phenoxy) is 2. The van der Waals surface area contributed by atoms with Crippen molar-refractivity contribution in [3.63, 3.8) is 0 Å². The minimum absolute atomic E-state index is 0.0971. The maximum absolute atomic E-state index is 13.4. The van der Waals surface area contributed by atoms with Crippen LogP contribution >= 0.6 is 0 Å². The predicted octanol–water partition coefficient (Wildman–Crippen LogP) is 3.87. The molecule has 1 saturated heterocycles. The van der Waals surface area contributed by atoms with Gasteiger partial charge in [-0.05, 0) is 56.9 Å². The van der Waals surface area contributed by atoms with Crippen LogP contribution in [0.3, 0.4) is 0 Å². The number of methoxy groups -OCH3 is 1. The summed E-state index contributed by atoms with van der Waals surface area (Å²) in [7, 11) is 1.21. The molecule has 1 aliphatic rings. The first-order chi connectivity index (χ1) is 18.1. The number of nitrogens with zero attached hydrogens (tertiary/aromatic N) is 1. The summed E-state index contributed by atoms with van der Waals surface area (Å²) in [5.41, 5.74) is 0.409. The Kier molecular flexibility index (Phi) is 9.43. The molecule has 0 saturated carbocycles. The molecule has 0 unspecified atom stereocenters. The van der Waals surface area contributed by atoms with E-state index in [1.807, 2.05) is 12.1 Å². The fourth-order valence-corrected chi connectivity index (χ4v) is 3.83. The summed E-state index contributed by atoms with van der Waals surface area (Å²) in [4.78, 5) is 53.2. The van der Waals surface area contributed by atoms with Crippen LogP contribution < -0.4 is 10.6 Å². The van der Waals surface area contributed by atoms with E-state index in [2.05, 4.69) is 10.6 Å². The van der Waals surface area contributed by atoms with Crippen LogP contribution in [0.15, 0.2) is 72.1 Å². The normalized spacial score (nSPS) is 16.0. The number of benzene rings is 2. The van der Waals surface area contributed by atoms with Gasteiger partial charge in [-0.15, -0.1) is 0 Å². The molecule has 2 N–H and O–H groups in total. The second-order valence-corrected chi connectivity index (χ2v) is 9.70. The van der Waals surface area contributed by atoms with E-state index < -0.39 is 35.5 Å². The van der Waals surface area contributed by atoms with Crippen LogP contribution in [0.2, 0.25) is 0 Å². The molecular weight excluding hydrogens is 486 g/mol. The number of likely N-dealkylation sites (tertiary alicyclic amines) is 1. The topological polar surface area (TPSA) is 114 Å². The molecule has 38 heavy (non-hydrogen) atoms. The van der Waals surface area contributed by atoms with E-state index in [0.29, 0.717) is 30.5 Å². The molecule has 1 heterocycles. The standard InChI is InChI=1S/C29H33N3O6/c1-29(2,3)38-28(36)32-17-11-16-24(32)26(34)30-22(18-20-12-7-5-8-13-20)25(33)31-23(27(35)37-4)19-21-14-9-6-10-15-21/h5-10,12-15,18-19,24H,11,16-17H2,1-4H3,(H,30,34)(H,31,33)/b22-18-,23-19-/t24-/m0/s1. The Balaban J connectivity index is 1.87. The van der Waals surface area contributed by atoms with Crippen molar-refractivity contribution in [3.05, 3.63) is 83.2 Å². The first kappa shape index (κ1) is 28.2. The lowest BCUT2D eigenvalue weighted by atomic mass is 10.1. The first-order valence-electron chi connectivity index (χ1n) is 12.3. The van der Waals surface area contributed by atoms with E-state index >= 15 is 0 Å². The molecule has 9 nitrogen and oxygen atoms in total. The maximum atomic E-state index is 13.4. The average Bonchev–Trinajstić information content (AvgIpc) is 3.38. The fourth-order valence-electron chi connectivity index (χ4n) is 3.83. The Morgan fingerprint density at radius 2 is 1.42 bits per heavy atom. The molecule has 2 aromatic rings. The van der Waals surface area contributed by atoms with Gasteiger partial charge in [0.1, 0.15) is 23.0 Å². The van der Waals surface area contributed by atoms with Gasteiger partial charge >= 0.3 is 12.1 Å². The minimum atomic E-state index is -0.809. The van der Waals surface area contributed by atoms with E-state index in [9.17, 15) is 19.2 Å². The van der Waals surface area contributed by atoms with Gasteiger partial charge in [0.25, 0.3) is 5.91 Å². The summed E-state index contributed by atoms with van der Waals surface area (Å²) in [6.07, 6.45) is 3.43. The van der Waals surface area contributed by atoms with Gasteiger partial charge in [-0.2, -0.15) is 0 Å². The molecule has 1 aliphatic heterocycles. The second kappa shape index (κ2) is 12.7. The number of esters is 1.